The Balaban J connectivity index is 4.56. The third-order valence-electron chi connectivity index (χ3n) is 1.34. The Morgan fingerprint density at radius 2 is 1.50 bits per heavy atom. The van der Waals surface area contributed by atoms with Crippen molar-refractivity contribution in [1.29, 1.82) is 0 Å². The van der Waals surface area contributed by atoms with Crippen molar-refractivity contribution < 1.29 is 19.1 Å². The van der Waals surface area contributed by atoms with Gasteiger partial charge >= 0.3 is 11.9 Å². The minimum atomic E-state index is -1.23. The van der Waals surface area contributed by atoms with Crippen molar-refractivity contribution in [3.8, 4) is 0 Å². The van der Waals surface area contributed by atoms with E-state index in [0.717, 1.165) is 5.57 Å². The number of rotatable bonds is 4. The highest BCUT2D eigenvalue weighted by atomic mass is 16.7. The minimum absolute atomic E-state index is 0.298. The molecular weight excluding hydrogens is 184 g/mol. The van der Waals surface area contributed by atoms with Crippen LogP contribution < -0.4 is 0 Å². The molecule has 0 N–H and O–H groups in total. The molecule has 14 heavy (non-hydrogen) atoms. The van der Waals surface area contributed by atoms with E-state index < -0.39 is 17.7 Å². The second-order valence-corrected chi connectivity index (χ2v) is 3.45. The fraction of sp³-hybridized carbons (Fsp3) is 0.600. The maximum Gasteiger partial charge on any atom is 0.305 e. The topological polar surface area (TPSA) is 52.6 Å². The lowest BCUT2D eigenvalue weighted by Gasteiger charge is -2.28. The Kier molecular flexibility index (Phi) is 4.34. The number of ether oxygens (including phenoxy) is 2. The lowest BCUT2D eigenvalue weighted by atomic mass is 10.1. The zero-order valence-electron chi connectivity index (χ0n) is 9.05. The summed E-state index contributed by atoms with van der Waals surface area (Å²) in [7, 11) is 0. The molecule has 0 aromatic rings. The van der Waals surface area contributed by atoms with Crippen LogP contribution >= 0.6 is 0 Å². The number of carbonyl (C=O) groups excluding carboxylic acids is 2. The maximum atomic E-state index is 10.8. The molecule has 0 spiro atoms. The molecule has 0 amide bonds. The van der Waals surface area contributed by atoms with Crippen molar-refractivity contribution in [1.82, 2.24) is 0 Å². The van der Waals surface area contributed by atoms with Crippen LogP contribution in [0.3, 0.4) is 0 Å². The van der Waals surface area contributed by atoms with Gasteiger partial charge in [-0.3, -0.25) is 9.59 Å². The molecule has 0 aliphatic rings. The fourth-order valence-electron chi connectivity index (χ4n) is 1.25. The summed E-state index contributed by atoms with van der Waals surface area (Å²) in [4.78, 5) is 21.6. The molecule has 0 aromatic heterocycles. The van der Waals surface area contributed by atoms with E-state index in [4.69, 9.17) is 9.47 Å². The van der Waals surface area contributed by atoms with Crippen LogP contribution in [0.4, 0.5) is 0 Å². The Hall–Kier alpha value is -1.32. The van der Waals surface area contributed by atoms with Crippen LogP contribution in [-0.2, 0) is 19.1 Å². The van der Waals surface area contributed by atoms with E-state index in [1.54, 1.807) is 6.92 Å². The van der Waals surface area contributed by atoms with Crippen LogP contribution in [0.25, 0.3) is 0 Å². The molecule has 0 rings (SSSR count). The molecule has 0 aliphatic carbocycles. The molecule has 0 aliphatic heterocycles. The zero-order chi connectivity index (χ0) is 11.4. The molecule has 4 nitrogen and oxygen atoms in total. The number of esters is 2. The number of hydrogen-bond acceptors (Lipinski definition) is 4. The van der Waals surface area contributed by atoms with Gasteiger partial charge in [-0.1, -0.05) is 12.2 Å². The van der Waals surface area contributed by atoms with E-state index in [2.05, 4.69) is 6.58 Å². The second kappa shape index (κ2) is 4.79. The Bertz CT molecular complexity index is 214. The van der Waals surface area contributed by atoms with Crippen LogP contribution in [0.15, 0.2) is 12.2 Å². The average Bonchev–Trinajstić information content (AvgIpc) is 1.76. The number of hydrogen-bond donors (Lipinski definition) is 0. The van der Waals surface area contributed by atoms with Crippen molar-refractivity contribution in [2.45, 2.75) is 39.9 Å². The van der Waals surface area contributed by atoms with Crippen molar-refractivity contribution in [2.24, 2.45) is 0 Å². The van der Waals surface area contributed by atoms with Gasteiger partial charge in [-0.15, -0.1) is 0 Å². The predicted octanol–water partition coefficient (Wildman–Crippen LogP) is 1.79. The first-order valence-corrected chi connectivity index (χ1v) is 4.29. The van der Waals surface area contributed by atoms with Crippen molar-refractivity contribution >= 4 is 11.9 Å². The first-order chi connectivity index (χ1) is 6.25. The van der Waals surface area contributed by atoms with Crippen molar-refractivity contribution in [3.05, 3.63) is 12.2 Å². The molecule has 0 unspecified atom stereocenters. The third-order valence-corrected chi connectivity index (χ3v) is 1.34. The summed E-state index contributed by atoms with van der Waals surface area (Å²) in [6.07, 6.45) is 0.298. The van der Waals surface area contributed by atoms with Crippen LogP contribution in [0.5, 0.6) is 0 Å². The van der Waals surface area contributed by atoms with E-state index in [9.17, 15) is 9.59 Å². The summed E-state index contributed by atoms with van der Waals surface area (Å²) in [5, 5.41) is 0. The summed E-state index contributed by atoms with van der Waals surface area (Å²) in [6.45, 7) is 9.50. The summed E-state index contributed by atoms with van der Waals surface area (Å²) >= 11 is 0. The normalized spacial score (nSPS) is 10.6. The summed E-state index contributed by atoms with van der Waals surface area (Å²) in [5.74, 6) is -2.21. The third kappa shape index (κ3) is 5.35. The smallest absolute Gasteiger partial charge is 0.305 e. The molecule has 0 bridgehead atoms. The van der Waals surface area contributed by atoms with Crippen LogP contribution in [0, 0.1) is 0 Å². The predicted molar refractivity (Wildman–Crippen MR) is 51.4 cm³/mol. The fourth-order valence-corrected chi connectivity index (χ4v) is 1.25. The molecular formula is C10H16O4. The van der Waals surface area contributed by atoms with Gasteiger partial charge in [-0.05, 0) is 6.92 Å². The monoisotopic (exact) mass is 200 g/mol. The largest absolute Gasteiger partial charge is 0.423 e. The Labute approximate surface area is 83.9 Å². The van der Waals surface area contributed by atoms with Crippen molar-refractivity contribution in [3.63, 3.8) is 0 Å². The van der Waals surface area contributed by atoms with E-state index in [-0.39, 0.29) is 0 Å². The van der Waals surface area contributed by atoms with Crippen LogP contribution in [0.1, 0.15) is 34.1 Å². The molecule has 0 saturated heterocycles. The van der Waals surface area contributed by atoms with Gasteiger partial charge < -0.3 is 9.47 Å². The first-order valence-electron chi connectivity index (χ1n) is 4.29. The zero-order valence-corrected chi connectivity index (χ0v) is 9.05. The van der Waals surface area contributed by atoms with Crippen LogP contribution in [-0.4, -0.2) is 17.7 Å². The van der Waals surface area contributed by atoms with Gasteiger partial charge in [-0.2, -0.15) is 0 Å². The molecule has 80 valence electrons. The van der Waals surface area contributed by atoms with Gasteiger partial charge in [0.15, 0.2) is 0 Å². The minimum Gasteiger partial charge on any atom is -0.423 e. The van der Waals surface area contributed by atoms with Gasteiger partial charge in [0.2, 0.25) is 0 Å². The SMILES string of the molecule is C=C(C)CC(C)(OC(C)=O)OC(C)=O. The molecule has 4 heteroatoms. The van der Waals surface area contributed by atoms with E-state index in [1.165, 1.54) is 20.8 Å². The van der Waals surface area contributed by atoms with Gasteiger partial charge in [0.1, 0.15) is 0 Å². The highest BCUT2D eigenvalue weighted by Crippen LogP contribution is 2.21. The quantitative estimate of drug-likeness (QED) is 0.394. The standard InChI is InChI=1S/C10H16O4/c1-7(2)6-10(5,13-8(3)11)14-9(4)12/h1,6H2,2-5H3. The van der Waals surface area contributed by atoms with Crippen LogP contribution in [0.2, 0.25) is 0 Å². The van der Waals surface area contributed by atoms with Gasteiger partial charge in [0, 0.05) is 27.2 Å². The summed E-state index contributed by atoms with van der Waals surface area (Å²) in [5.41, 5.74) is 0.773. The molecule has 0 saturated carbocycles. The molecule has 0 fully saturated rings. The lowest BCUT2D eigenvalue weighted by Crippen LogP contribution is -2.36. The summed E-state index contributed by atoms with van der Waals surface area (Å²) in [6, 6.07) is 0. The van der Waals surface area contributed by atoms with E-state index in [1.807, 2.05) is 0 Å². The van der Waals surface area contributed by atoms with Gasteiger partial charge in [0.05, 0.1) is 0 Å². The van der Waals surface area contributed by atoms with Gasteiger partial charge in [-0.25, -0.2) is 0 Å². The molecule has 0 heterocycles. The Morgan fingerprint density at radius 1 is 1.14 bits per heavy atom. The second-order valence-electron chi connectivity index (χ2n) is 3.45. The first kappa shape index (κ1) is 12.7. The average molecular weight is 200 g/mol. The molecule has 0 atom stereocenters. The highest BCUT2D eigenvalue weighted by Gasteiger charge is 2.31. The number of carbonyl (C=O) groups is 2. The van der Waals surface area contributed by atoms with Gasteiger partial charge in [0.25, 0.3) is 5.79 Å². The maximum absolute atomic E-state index is 10.8. The molecule has 0 aromatic carbocycles. The highest BCUT2D eigenvalue weighted by molar-refractivity contribution is 5.68. The summed E-state index contributed by atoms with van der Waals surface area (Å²) < 4.78 is 9.83. The van der Waals surface area contributed by atoms with E-state index in [0.29, 0.717) is 6.42 Å². The van der Waals surface area contributed by atoms with Crippen molar-refractivity contribution in [2.75, 3.05) is 0 Å². The lowest BCUT2D eigenvalue weighted by molar-refractivity contribution is -0.219. The Morgan fingerprint density at radius 3 is 1.71 bits per heavy atom. The molecule has 0 radical (unpaired) electrons. The van der Waals surface area contributed by atoms with E-state index >= 15 is 0 Å².